The molecule has 56 heavy (non-hydrogen) atoms. The van der Waals surface area contributed by atoms with Crippen LogP contribution in [0.1, 0.15) is 104 Å². The number of tetrazole rings is 1. The Morgan fingerprint density at radius 1 is 0.732 bits per heavy atom. The first-order valence-corrected chi connectivity index (χ1v) is 20.1. The molecule has 0 saturated carbocycles. The Balaban J connectivity index is 1.42. The Morgan fingerprint density at radius 3 is 1.93 bits per heavy atom. The summed E-state index contributed by atoms with van der Waals surface area (Å²) in [7, 11) is 0. The first-order chi connectivity index (χ1) is 27.3. The van der Waals surface area contributed by atoms with Crippen molar-refractivity contribution < 1.29 is 23.9 Å². The molecule has 1 amide bonds. The molecule has 0 spiro atoms. The molecule has 10 nitrogen and oxygen atoms in total. The third-order valence-corrected chi connectivity index (χ3v) is 8.90. The lowest BCUT2D eigenvalue weighted by atomic mass is 9.97. The highest BCUT2D eigenvalue weighted by molar-refractivity contribution is 5.85. The number of ether oxygens (including phenoxy) is 2. The van der Waals surface area contributed by atoms with Crippen molar-refractivity contribution in [1.29, 1.82) is 0 Å². The Hall–Kier alpha value is -5.38. The summed E-state index contributed by atoms with van der Waals surface area (Å²) in [5.74, 6) is -0.637. The number of rotatable bonds is 26. The van der Waals surface area contributed by atoms with E-state index >= 15 is 0 Å². The van der Waals surface area contributed by atoms with Crippen molar-refractivity contribution in [3.05, 3.63) is 115 Å². The van der Waals surface area contributed by atoms with Crippen molar-refractivity contribution in [3.8, 4) is 22.5 Å². The predicted octanol–water partition coefficient (Wildman–Crippen LogP) is 10.1. The molecule has 1 atom stereocenters. The number of hydrogen-bond donors (Lipinski definition) is 1. The summed E-state index contributed by atoms with van der Waals surface area (Å²) in [6.45, 7) is 8.12. The highest BCUT2D eigenvalue weighted by atomic mass is 16.6. The molecule has 0 aliphatic rings. The maximum Gasteiger partial charge on any atom is 0.329 e. The van der Waals surface area contributed by atoms with Gasteiger partial charge in [-0.15, -0.1) is 10.2 Å². The molecule has 0 aliphatic carbocycles. The molecule has 0 bridgehead atoms. The molecule has 3 rings (SSSR count). The number of hydrogen-bond acceptors (Lipinski definition) is 8. The average Bonchev–Trinajstić information content (AvgIpc) is 3.75. The van der Waals surface area contributed by atoms with Crippen LogP contribution in [0.5, 0.6) is 0 Å². The van der Waals surface area contributed by atoms with Gasteiger partial charge in [-0.2, -0.15) is 5.21 Å². The van der Waals surface area contributed by atoms with Gasteiger partial charge in [0.15, 0.2) is 0 Å². The largest absolute Gasteiger partial charge is 0.462 e. The van der Waals surface area contributed by atoms with E-state index in [0.717, 1.165) is 73.6 Å². The first-order valence-electron chi connectivity index (χ1n) is 20.1. The minimum absolute atomic E-state index is 0.0341. The van der Waals surface area contributed by atoms with Gasteiger partial charge in [0, 0.05) is 24.9 Å². The van der Waals surface area contributed by atoms with Crippen molar-refractivity contribution in [3.63, 3.8) is 0 Å². The quantitative estimate of drug-likeness (QED) is 0.0486. The zero-order valence-corrected chi connectivity index (χ0v) is 33.8. The second-order valence-electron chi connectivity index (χ2n) is 13.8. The number of esters is 2. The molecule has 3 aromatic rings. The summed E-state index contributed by atoms with van der Waals surface area (Å²) in [4.78, 5) is 41.0. The summed E-state index contributed by atoms with van der Waals surface area (Å²) in [5.41, 5.74) is 3.64. The van der Waals surface area contributed by atoms with Crippen LogP contribution < -0.4 is 0 Å². The number of aromatic amines is 1. The molecular weight excluding hydrogens is 703 g/mol. The van der Waals surface area contributed by atoms with E-state index in [1.807, 2.05) is 69.3 Å². The van der Waals surface area contributed by atoms with Crippen molar-refractivity contribution in [2.75, 3.05) is 13.2 Å². The molecule has 300 valence electrons. The molecule has 0 aliphatic heterocycles. The van der Waals surface area contributed by atoms with Crippen LogP contribution in [-0.4, -0.2) is 62.6 Å². The van der Waals surface area contributed by atoms with E-state index in [2.05, 4.69) is 88.3 Å². The fourth-order valence-corrected chi connectivity index (χ4v) is 5.95. The third-order valence-electron chi connectivity index (χ3n) is 8.90. The maximum absolute atomic E-state index is 13.5. The Kier molecular flexibility index (Phi) is 21.9. The van der Waals surface area contributed by atoms with Crippen LogP contribution in [0, 0.1) is 5.92 Å². The monoisotopic (exact) mass is 763 g/mol. The van der Waals surface area contributed by atoms with E-state index in [1.165, 1.54) is 0 Å². The highest BCUT2D eigenvalue weighted by Crippen LogP contribution is 2.30. The van der Waals surface area contributed by atoms with E-state index in [9.17, 15) is 14.4 Å². The second-order valence-corrected chi connectivity index (χ2v) is 13.8. The molecule has 1 unspecified atom stereocenters. The SMILES string of the molecule is CCC=CCC=CCC=CCC=CCC=CCCCC(=O)OCCOC(=O)C(C(C)C)N(Cc1ccc(-c2ccccc2-c2nn[nH]n2)cc1)C(=O)CCCC. The van der Waals surface area contributed by atoms with Crippen LogP contribution >= 0.6 is 0 Å². The molecule has 0 saturated heterocycles. The van der Waals surface area contributed by atoms with Gasteiger partial charge in [0.05, 0.1) is 0 Å². The maximum atomic E-state index is 13.5. The number of H-pyrrole nitrogens is 1. The summed E-state index contributed by atoms with van der Waals surface area (Å²) in [6.07, 6.45) is 30.1. The number of carbonyl (C=O) groups excluding carboxylic acids is 3. The van der Waals surface area contributed by atoms with E-state index in [-0.39, 0.29) is 44.0 Å². The fourth-order valence-electron chi connectivity index (χ4n) is 5.95. The lowest BCUT2D eigenvalue weighted by Gasteiger charge is -2.33. The van der Waals surface area contributed by atoms with Crippen LogP contribution in [0.15, 0.2) is 109 Å². The summed E-state index contributed by atoms with van der Waals surface area (Å²) < 4.78 is 10.9. The Morgan fingerprint density at radius 2 is 1.34 bits per heavy atom. The van der Waals surface area contributed by atoms with E-state index < -0.39 is 12.0 Å². The van der Waals surface area contributed by atoms with Crippen LogP contribution in [0.25, 0.3) is 22.5 Å². The average molecular weight is 764 g/mol. The summed E-state index contributed by atoms with van der Waals surface area (Å²) in [6, 6.07) is 14.9. The van der Waals surface area contributed by atoms with Gasteiger partial charge in [-0.1, -0.05) is 143 Å². The van der Waals surface area contributed by atoms with Gasteiger partial charge < -0.3 is 14.4 Å². The van der Waals surface area contributed by atoms with Gasteiger partial charge in [0.2, 0.25) is 11.7 Å². The topological polar surface area (TPSA) is 127 Å². The summed E-state index contributed by atoms with van der Waals surface area (Å²) in [5, 5.41) is 14.5. The molecule has 0 radical (unpaired) electrons. The number of unbranched alkanes of at least 4 members (excludes halogenated alkanes) is 2. The minimum atomic E-state index is -0.794. The molecule has 1 heterocycles. The molecule has 2 aromatic carbocycles. The van der Waals surface area contributed by atoms with Crippen LogP contribution in [-0.2, 0) is 30.4 Å². The van der Waals surface area contributed by atoms with Crippen LogP contribution in [0.4, 0.5) is 0 Å². The van der Waals surface area contributed by atoms with Crippen molar-refractivity contribution in [1.82, 2.24) is 25.5 Å². The molecule has 1 aromatic heterocycles. The smallest absolute Gasteiger partial charge is 0.329 e. The number of amides is 1. The van der Waals surface area contributed by atoms with E-state index in [4.69, 9.17) is 9.47 Å². The van der Waals surface area contributed by atoms with Gasteiger partial charge in [-0.05, 0) is 79.2 Å². The van der Waals surface area contributed by atoms with Crippen molar-refractivity contribution in [2.24, 2.45) is 5.92 Å². The lowest BCUT2D eigenvalue weighted by Crippen LogP contribution is -2.48. The van der Waals surface area contributed by atoms with Gasteiger partial charge in [0.1, 0.15) is 19.3 Å². The van der Waals surface area contributed by atoms with Crippen molar-refractivity contribution in [2.45, 2.75) is 111 Å². The molecule has 10 heteroatoms. The second kappa shape index (κ2) is 27.2. The number of benzene rings is 2. The predicted molar refractivity (Wildman–Crippen MR) is 224 cm³/mol. The molecular formula is C46H61N5O5. The zero-order chi connectivity index (χ0) is 40.2. The van der Waals surface area contributed by atoms with Gasteiger partial charge in [0.25, 0.3) is 0 Å². The van der Waals surface area contributed by atoms with Crippen LogP contribution in [0.2, 0.25) is 0 Å². The Labute approximate surface area is 333 Å². The van der Waals surface area contributed by atoms with Gasteiger partial charge in [-0.25, -0.2) is 4.79 Å². The first kappa shape index (κ1) is 45.0. The molecule has 1 N–H and O–H groups in total. The number of aromatic nitrogens is 4. The number of nitrogens with one attached hydrogen (secondary N) is 1. The number of allylic oxidation sites excluding steroid dienone is 10. The van der Waals surface area contributed by atoms with E-state index in [1.54, 1.807) is 4.90 Å². The molecule has 0 fully saturated rings. The third kappa shape index (κ3) is 17.0. The van der Waals surface area contributed by atoms with Crippen LogP contribution in [0.3, 0.4) is 0 Å². The Bertz CT molecular complexity index is 1720. The van der Waals surface area contributed by atoms with E-state index in [0.29, 0.717) is 18.7 Å². The van der Waals surface area contributed by atoms with Gasteiger partial charge >= 0.3 is 11.9 Å². The summed E-state index contributed by atoms with van der Waals surface area (Å²) >= 11 is 0. The van der Waals surface area contributed by atoms with Crippen molar-refractivity contribution >= 4 is 17.8 Å². The lowest BCUT2D eigenvalue weighted by molar-refractivity contribution is -0.161. The normalized spacial score (nSPS) is 12.5. The van der Waals surface area contributed by atoms with Gasteiger partial charge in [-0.3, -0.25) is 9.59 Å². The number of carbonyl (C=O) groups is 3. The minimum Gasteiger partial charge on any atom is -0.462 e. The highest BCUT2D eigenvalue weighted by Gasteiger charge is 2.33. The number of nitrogens with zero attached hydrogens (tertiary/aromatic N) is 4. The fraction of sp³-hybridized carbons (Fsp3) is 0.435. The standard InChI is InChI=1S/C46H61N5O5/c1-5-7-9-10-11-12-13-14-15-16-17-18-19-20-21-22-23-29-43(53)55-34-35-56-46(54)44(37(3)4)51(42(52)28-8-6-2)36-38-30-32-39(33-31-38)40-26-24-25-27-41(40)45-47-49-50-48-45/h7,9,11-12,14-15,17-18,20-21,24-27,30-33,37,44H,5-6,8,10,13,16,19,22-23,28-29,34-36H2,1-4H3,(H,47,48,49,50). The zero-order valence-electron chi connectivity index (χ0n) is 33.8.